The highest BCUT2D eigenvalue weighted by molar-refractivity contribution is 5.99. The summed E-state index contributed by atoms with van der Waals surface area (Å²) >= 11 is 0. The fourth-order valence-electron chi connectivity index (χ4n) is 3.39. The highest BCUT2D eigenvalue weighted by Gasteiger charge is 2.51. The zero-order chi connectivity index (χ0) is 17.6. The van der Waals surface area contributed by atoms with Crippen LogP contribution in [0.25, 0.3) is 0 Å². The monoisotopic (exact) mass is 332 g/mol. The first kappa shape index (κ1) is 16.1. The molecule has 8 nitrogen and oxygen atoms in total. The summed E-state index contributed by atoms with van der Waals surface area (Å²) < 4.78 is 5.50. The Morgan fingerprint density at radius 2 is 1.75 bits per heavy atom. The second-order valence-corrected chi connectivity index (χ2v) is 6.90. The van der Waals surface area contributed by atoms with Gasteiger partial charge in [-0.15, -0.1) is 0 Å². The van der Waals surface area contributed by atoms with Crippen molar-refractivity contribution in [2.45, 2.75) is 38.8 Å². The Morgan fingerprint density at radius 1 is 1.12 bits per heavy atom. The smallest absolute Gasteiger partial charge is 0.364 e. The Morgan fingerprint density at radius 3 is 2.29 bits per heavy atom. The van der Waals surface area contributed by atoms with Gasteiger partial charge in [-0.2, -0.15) is 0 Å². The third-order valence-electron chi connectivity index (χ3n) is 4.41. The third kappa shape index (κ3) is 2.64. The summed E-state index contributed by atoms with van der Waals surface area (Å²) in [5.41, 5.74) is 0.396. The number of rotatable bonds is 3. The van der Waals surface area contributed by atoms with Crippen LogP contribution in [0.4, 0.5) is 5.69 Å². The van der Waals surface area contributed by atoms with Crippen molar-refractivity contribution >= 4 is 11.5 Å². The zero-order valence-corrected chi connectivity index (χ0v) is 13.2. The molecular formula is C16H16N2O6. The quantitative estimate of drug-likeness (QED) is 0.621. The van der Waals surface area contributed by atoms with Gasteiger partial charge in [0, 0.05) is 25.0 Å². The first-order valence-corrected chi connectivity index (χ1v) is 7.50. The predicted molar refractivity (Wildman–Crippen MR) is 82.8 cm³/mol. The number of nitro groups is 2. The summed E-state index contributed by atoms with van der Waals surface area (Å²) in [4.78, 5) is 33.6. The summed E-state index contributed by atoms with van der Waals surface area (Å²) in [6, 6.07) is 5.46. The number of non-ortho nitro benzene ring substituents is 1. The molecule has 1 aliphatic heterocycles. The van der Waals surface area contributed by atoms with E-state index in [-0.39, 0.29) is 16.9 Å². The maximum atomic E-state index is 12.5. The molecule has 1 aromatic carbocycles. The number of nitrogens with zero attached hydrogens (tertiary/aromatic N) is 2. The minimum atomic E-state index is -1.38. The van der Waals surface area contributed by atoms with Crippen LogP contribution in [0, 0.1) is 25.6 Å². The van der Waals surface area contributed by atoms with Gasteiger partial charge in [-0.3, -0.25) is 25.0 Å². The number of nitro benzene ring substituents is 1. The normalized spacial score (nSPS) is 25.2. The number of carbonyl (C=O) groups is 1. The first-order valence-electron chi connectivity index (χ1n) is 7.50. The van der Waals surface area contributed by atoms with Gasteiger partial charge in [0.25, 0.3) is 5.69 Å². The van der Waals surface area contributed by atoms with Crippen molar-refractivity contribution in [3.8, 4) is 0 Å². The van der Waals surface area contributed by atoms with Gasteiger partial charge in [-0.25, -0.2) is 0 Å². The highest BCUT2D eigenvalue weighted by atomic mass is 16.7. The van der Waals surface area contributed by atoms with Crippen LogP contribution in [0.2, 0.25) is 0 Å². The fraction of sp³-hybridized carbons (Fsp3) is 0.438. The molecule has 0 N–H and O–H groups in total. The third-order valence-corrected chi connectivity index (χ3v) is 4.41. The van der Waals surface area contributed by atoms with Crippen molar-refractivity contribution in [2.75, 3.05) is 0 Å². The van der Waals surface area contributed by atoms with E-state index in [9.17, 15) is 25.0 Å². The average molecular weight is 332 g/mol. The molecule has 1 heterocycles. The number of hydrogen-bond donors (Lipinski definition) is 0. The van der Waals surface area contributed by atoms with Crippen LogP contribution in [0.3, 0.4) is 0 Å². The summed E-state index contributed by atoms with van der Waals surface area (Å²) in [6.45, 7) is 3.83. The van der Waals surface area contributed by atoms with Gasteiger partial charge < -0.3 is 4.74 Å². The van der Waals surface area contributed by atoms with Gasteiger partial charge in [0.2, 0.25) is 0 Å². The molecule has 1 aliphatic carbocycles. The molecule has 0 fully saturated rings. The summed E-state index contributed by atoms with van der Waals surface area (Å²) in [6.07, 6.45) is -0.625. The Balaban J connectivity index is 2.05. The molecule has 0 radical (unpaired) electrons. The summed E-state index contributed by atoms with van der Waals surface area (Å²) in [7, 11) is 0. The number of hydrogen-bond acceptors (Lipinski definition) is 6. The lowest BCUT2D eigenvalue weighted by Crippen LogP contribution is -2.28. The molecule has 0 saturated carbocycles. The predicted octanol–water partition coefficient (Wildman–Crippen LogP) is 2.95. The lowest BCUT2D eigenvalue weighted by molar-refractivity contribution is -0.570. The lowest BCUT2D eigenvalue weighted by Gasteiger charge is -2.28. The molecule has 1 aromatic rings. The van der Waals surface area contributed by atoms with E-state index in [2.05, 4.69) is 0 Å². The Labute approximate surface area is 137 Å². The van der Waals surface area contributed by atoms with E-state index in [0.717, 1.165) is 0 Å². The number of Topliss-reactive ketones (excluding diaryl/α,β-unsaturated/α-hetero) is 1. The van der Waals surface area contributed by atoms with Crippen molar-refractivity contribution in [1.82, 2.24) is 0 Å². The van der Waals surface area contributed by atoms with E-state index in [1.807, 2.05) is 13.8 Å². The van der Waals surface area contributed by atoms with Crippen molar-refractivity contribution in [2.24, 2.45) is 5.41 Å². The zero-order valence-electron chi connectivity index (χ0n) is 13.2. The molecule has 2 atom stereocenters. The van der Waals surface area contributed by atoms with Gasteiger partial charge in [0.05, 0.1) is 15.4 Å². The van der Waals surface area contributed by atoms with E-state index in [4.69, 9.17) is 4.74 Å². The van der Waals surface area contributed by atoms with Crippen LogP contribution in [0.1, 0.15) is 38.2 Å². The molecular weight excluding hydrogens is 316 g/mol. The molecule has 0 unspecified atom stereocenters. The minimum absolute atomic E-state index is 0.111. The van der Waals surface area contributed by atoms with E-state index in [1.54, 1.807) is 0 Å². The van der Waals surface area contributed by atoms with Gasteiger partial charge in [0.1, 0.15) is 11.7 Å². The van der Waals surface area contributed by atoms with Crippen molar-refractivity contribution in [3.05, 3.63) is 61.4 Å². The van der Waals surface area contributed by atoms with Crippen LogP contribution >= 0.6 is 0 Å². The average Bonchev–Trinajstić information content (AvgIpc) is 2.85. The molecule has 126 valence electrons. The number of ether oxygens (including phenoxy) is 1. The van der Waals surface area contributed by atoms with Gasteiger partial charge >= 0.3 is 6.23 Å². The Bertz CT molecular complexity index is 765. The second kappa shape index (κ2) is 5.40. The molecule has 0 spiro atoms. The van der Waals surface area contributed by atoms with E-state index >= 15 is 0 Å². The highest BCUT2D eigenvalue weighted by Crippen LogP contribution is 2.48. The number of ketones is 1. The number of allylic oxidation sites excluding steroid dienone is 1. The molecule has 2 aliphatic rings. The molecule has 0 amide bonds. The SMILES string of the molecule is CC1(C)CC(=O)C2=C(C1)O[C@H]([N+](=O)[O-])[C@H]2c1ccc([N+](=O)[O-])cc1. The second-order valence-electron chi connectivity index (χ2n) is 6.90. The van der Waals surface area contributed by atoms with Crippen LogP contribution < -0.4 is 0 Å². The Hall–Kier alpha value is -2.77. The van der Waals surface area contributed by atoms with Crippen molar-refractivity contribution in [1.29, 1.82) is 0 Å². The van der Waals surface area contributed by atoms with E-state index in [1.165, 1.54) is 24.3 Å². The van der Waals surface area contributed by atoms with E-state index < -0.39 is 22.0 Å². The molecule has 24 heavy (non-hydrogen) atoms. The largest absolute Gasteiger partial charge is 0.433 e. The van der Waals surface area contributed by atoms with Gasteiger partial charge in [-0.05, 0) is 11.0 Å². The number of carbonyl (C=O) groups excluding carboxylic acids is 1. The van der Waals surface area contributed by atoms with Gasteiger partial charge in [0.15, 0.2) is 5.78 Å². The van der Waals surface area contributed by atoms with E-state index in [0.29, 0.717) is 29.7 Å². The fourth-order valence-corrected chi connectivity index (χ4v) is 3.39. The molecule has 3 rings (SSSR count). The summed E-state index contributed by atoms with van der Waals surface area (Å²) in [5, 5.41) is 22.2. The van der Waals surface area contributed by atoms with Crippen LogP contribution in [-0.2, 0) is 9.53 Å². The minimum Gasteiger partial charge on any atom is -0.433 e. The first-order chi connectivity index (χ1) is 11.2. The Kier molecular flexibility index (Phi) is 3.62. The van der Waals surface area contributed by atoms with Crippen LogP contribution in [0.15, 0.2) is 35.6 Å². The topological polar surface area (TPSA) is 113 Å². The standard InChI is InChI=1S/C16H16N2O6/c1-16(2)7-11(19)14-12(8-16)24-15(18(22)23)13(14)9-3-5-10(6-4-9)17(20)21/h3-6,13,15H,7-8H2,1-2H3/t13-,15-/m0/s1. The maximum absolute atomic E-state index is 12.5. The van der Waals surface area contributed by atoms with Gasteiger partial charge in [-0.1, -0.05) is 26.0 Å². The van der Waals surface area contributed by atoms with Crippen LogP contribution in [0.5, 0.6) is 0 Å². The maximum Gasteiger partial charge on any atom is 0.364 e. The molecule has 0 bridgehead atoms. The van der Waals surface area contributed by atoms with Crippen molar-refractivity contribution < 1.29 is 19.4 Å². The molecule has 0 saturated heterocycles. The van der Waals surface area contributed by atoms with Crippen LogP contribution in [-0.4, -0.2) is 21.9 Å². The lowest BCUT2D eigenvalue weighted by atomic mass is 9.73. The number of benzene rings is 1. The molecule has 0 aromatic heterocycles. The molecule has 8 heteroatoms. The van der Waals surface area contributed by atoms with Crippen molar-refractivity contribution in [3.63, 3.8) is 0 Å². The summed E-state index contributed by atoms with van der Waals surface area (Å²) in [5.74, 6) is -0.616.